The molecular weight excluding hydrogens is 251 g/mol. The van der Waals surface area contributed by atoms with E-state index in [9.17, 15) is 4.39 Å². The van der Waals surface area contributed by atoms with E-state index < -0.39 is 0 Å². The fourth-order valence-electron chi connectivity index (χ4n) is 1.86. The molecule has 2 aromatic rings. The van der Waals surface area contributed by atoms with Gasteiger partial charge in [0.05, 0.1) is 10.7 Å². The predicted molar refractivity (Wildman–Crippen MR) is 71.2 cm³/mol. The summed E-state index contributed by atoms with van der Waals surface area (Å²) in [5.74, 6) is -0.362. The molecule has 0 saturated heterocycles. The minimum atomic E-state index is -0.362. The minimum absolute atomic E-state index is 0.0365. The largest absolute Gasteiger partial charge is 0.313 e. The fourth-order valence-corrected chi connectivity index (χ4v) is 2.00. The van der Waals surface area contributed by atoms with Crippen molar-refractivity contribution >= 4 is 11.6 Å². The zero-order chi connectivity index (χ0) is 13.0. The van der Waals surface area contributed by atoms with E-state index >= 15 is 0 Å². The van der Waals surface area contributed by atoms with Gasteiger partial charge in [-0.2, -0.15) is 0 Å². The van der Waals surface area contributed by atoms with Crippen LogP contribution in [0.4, 0.5) is 4.39 Å². The van der Waals surface area contributed by atoms with Gasteiger partial charge in [-0.1, -0.05) is 41.9 Å². The summed E-state index contributed by atoms with van der Waals surface area (Å²) in [6, 6.07) is 11.2. The number of rotatable bonds is 4. The molecule has 1 aromatic heterocycles. The van der Waals surface area contributed by atoms with Crippen molar-refractivity contribution in [3.8, 4) is 0 Å². The fraction of sp³-hybridized carbons (Fsp3) is 0.214. The average molecular weight is 265 g/mol. The van der Waals surface area contributed by atoms with E-state index in [1.807, 2.05) is 37.4 Å². The molecule has 94 valence electrons. The SMILES string of the molecule is CNC(Cc1ncc(Cl)cc1F)c1ccccc1. The molecule has 1 unspecified atom stereocenters. The van der Waals surface area contributed by atoms with Crippen LogP contribution in [0, 0.1) is 5.82 Å². The molecule has 0 fully saturated rings. The summed E-state index contributed by atoms with van der Waals surface area (Å²) < 4.78 is 13.7. The van der Waals surface area contributed by atoms with Gasteiger partial charge in [0, 0.05) is 18.7 Å². The summed E-state index contributed by atoms with van der Waals surface area (Å²) in [7, 11) is 1.85. The van der Waals surface area contributed by atoms with Gasteiger partial charge in [-0.3, -0.25) is 4.98 Å². The summed E-state index contributed by atoms with van der Waals surface area (Å²) in [4.78, 5) is 4.04. The second-order valence-electron chi connectivity index (χ2n) is 4.04. The highest BCUT2D eigenvalue weighted by atomic mass is 35.5. The Hall–Kier alpha value is -1.45. The Morgan fingerprint density at radius 1 is 1.33 bits per heavy atom. The molecular formula is C14H14ClFN2. The normalized spacial score (nSPS) is 12.4. The monoisotopic (exact) mass is 264 g/mol. The molecule has 18 heavy (non-hydrogen) atoms. The highest BCUT2D eigenvalue weighted by Gasteiger charge is 2.13. The number of aromatic nitrogens is 1. The van der Waals surface area contributed by atoms with Crippen LogP contribution in [0.2, 0.25) is 5.02 Å². The van der Waals surface area contributed by atoms with Gasteiger partial charge in [0.15, 0.2) is 0 Å². The molecule has 2 nitrogen and oxygen atoms in total. The zero-order valence-corrected chi connectivity index (χ0v) is 10.8. The Morgan fingerprint density at radius 3 is 2.67 bits per heavy atom. The lowest BCUT2D eigenvalue weighted by atomic mass is 10.0. The molecule has 0 spiro atoms. The van der Waals surface area contributed by atoms with Crippen LogP contribution in [0.1, 0.15) is 17.3 Å². The number of hydrogen-bond donors (Lipinski definition) is 1. The molecule has 0 amide bonds. The Kier molecular flexibility index (Phi) is 4.28. The predicted octanol–water partition coefficient (Wildman–Crippen LogP) is 3.38. The molecule has 1 aromatic carbocycles. The first-order valence-electron chi connectivity index (χ1n) is 5.73. The van der Waals surface area contributed by atoms with Crippen molar-refractivity contribution in [1.82, 2.24) is 10.3 Å². The van der Waals surface area contributed by atoms with Crippen LogP contribution in [0.3, 0.4) is 0 Å². The Morgan fingerprint density at radius 2 is 2.06 bits per heavy atom. The lowest BCUT2D eigenvalue weighted by molar-refractivity contribution is 0.542. The third kappa shape index (κ3) is 3.06. The molecule has 0 aliphatic heterocycles. The van der Waals surface area contributed by atoms with Crippen LogP contribution in [0.15, 0.2) is 42.6 Å². The Labute approximate surface area is 111 Å². The van der Waals surface area contributed by atoms with Crippen molar-refractivity contribution in [2.75, 3.05) is 7.05 Å². The first kappa shape index (κ1) is 13.0. The third-order valence-corrected chi connectivity index (χ3v) is 3.04. The summed E-state index contributed by atoms with van der Waals surface area (Å²) in [6.07, 6.45) is 1.96. The molecule has 0 aliphatic carbocycles. The van der Waals surface area contributed by atoms with Crippen molar-refractivity contribution in [2.45, 2.75) is 12.5 Å². The molecule has 1 heterocycles. The van der Waals surface area contributed by atoms with Gasteiger partial charge in [0.25, 0.3) is 0 Å². The number of nitrogens with one attached hydrogen (secondary N) is 1. The zero-order valence-electron chi connectivity index (χ0n) is 10.0. The molecule has 0 saturated carbocycles. The van der Waals surface area contributed by atoms with Crippen LogP contribution in [0.25, 0.3) is 0 Å². The van der Waals surface area contributed by atoms with Gasteiger partial charge >= 0.3 is 0 Å². The summed E-state index contributed by atoms with van der Waals surface area (Å²) in [5, 5.41) is 3.49. The Bertz CT molecular complexity index is 516. The maximum Gasteiger partial charge on any atom is 0.146 e. The van der Waals surface area contributed by atoms with E-state index in [-0.39, 0.29) is 11.9 Å². The van der Waals surface area contributed by atoms with Gasteiger partial charge in [0.2, 0.25) is 0 Å². The summed E-state index contributed by atoms with van der Waals surface area (Å²) >= 11 is 5.69. The van der Waals surface area contributed by atoms with E-state index in [4.69, 9.17) is 11.6 Å². The standard InChI is InChI=1S/C14H14ClFN2/c1-17-13(10-5-3-2-4-6-10)8-14-12(16)7-11(15)9-18-14/h2-7,9,13,17H,8H2,1H3. The van der Waals surface area contributed by atoms with E-state index in [0.29, 0.717) is 17.1 Å². The van der Waals surface area contributed by atoms with E-state index in [1.54, 1.807) is 0 Å². The van der Waals surface area contributed by atoms with Gasteiger partial charge < -0.3 is 5.32 Å². The lowest BCUT2D eigenvalue weighted by Gasteiger charge is -2.16. The van der Waals surface area contributed by atoms with E-state index in [1.165, 1.54) is 12.3 Å². The minimum Gasteiger partial charge on any atom is -0.313 e. The number of likely N-dealkylation sites (N-methyl/N-ethyl adjacent to an activating group) is 1. The molecule has 0 aliphatic rings. The maximum absolute atomic E-state index is 13.7. The number of benzene rings is 1. The molecule has 4 heteroatoms. The van der Waals surface area contributed by atoms with Gasteiger partial charge in [0.1, 0.15) is 5.82 Å². The van der Waals surface area contributed by atoms with E-state index in [0.717, 1.165) is 5.56 Å². The Balaban J connectivity index is 2.21. The van der Waals surface area contributed by atoms with Crippen LogP contribution in [-0.2, 0) is 6.42 Å². The van der Waals surface area contributed by atoms with Crippen LogP contribution < -0.4 is 5.32 Å². The van der Waals surface area contributed by atoms with Gasteiger partial charge in [-0.05, 0) is 18.7 Å². The second kappa shape index (κ2) is 5.94. The number of nitrogens with zero attached hydrogens (tertiary/aromatic N) is 1. The molecule has 0 radical (unpaired) electrons. The summed E-state index contributed by atoms with van der Waals surface area (Å²) in [6.45, 7) is 0. The topological polar surface area (TPSA) is 24.9 Å². The van der Waals surface area contributed by atoms with Crippen LogP contribution in [0.5, 0.6) is 0 Å². The maximum atomic E-state index is 13.7. The van der Waals surface area contributed by atoms with Crippen molar-refractivity contribution in [2.24, 2.45) is 0 Å². The van der Waals surface area contributed by atoms with Gasteiger partial charge in [-0.15, -0.1) is 0 Å². The molecule has 1 atom stereocenters. The van der Waals surface area contributed by atoms with Crippen LogP contribution >= 0.6 is 11.6 Å². The molecule has 0 bridgehead atoms. The number of halogens is 2. The smallest absolute Gasteiger partial charge is 0.146 e. The van der Waals surface area contributed by atoms with Crippen molar-refractivity contribution in [3.63, 3.8) is 0 Å². The van der Waals surface area contributed by atoms with E-state index in [2.05, 4.69) is 10.3 Å². The third-order valence-electron chi connectivity index (χ3n) is 2.83. The number of hydrogen-bond acceptors (Lipinski definition) is 2. The lowest BCUT2D eigenvalue weighted by Crippen LogP contribution is -2.19. The van der Waals surface area contributed by atoms with Crippen molar-refractivity contribution in [3.05, 3.63) is 64.7 Å². The average Bonchev–Trinajstić information content (AvgIpc) is 2.39. The first-order chi connectivity index (χ1) is 8.70. The quantitative estimate of drug-likeness (QED) is 0.916. The highest BCUT2D eigenvalue weighted by Crippen LogP contribution is 2.20. The molecule has 2 rings (SSSR count). The second-order valence-corrected chi connectivity index (χ2v) is 4.47. The number of pyridine rings is 1. The highest BCUT2D eigenvalue weighted by molar-refractivity contribution is 6.30. The molecule has 1 N–H and O–H groups in total. The van der Waals surface area contributed by atoms with Crippen molar-refractivity contribution in [1.29, 1.82) is 0 Å². The van der Waals surface area contributed by atoms with Gasteiger partial charge in [-0.25, -0.2) is 4.39 Å². The summed E-state index contributed by atoms with van der Waals surface area (Å²) in [5.41, 5.74) is 1.53. The van der Waals surface area contributed by atoms with Crippen LogP contribution in [-0.4, -0.2) is 12.0 Å². The van der Waals surface area contributed by atoms with Crippen molar-refractivity contribution < 1.29 is 4.39 Å². The first-order valence-corrected chi connectivity index (χ1v) is 6.10.